The van der Waals surface area contributed by atoms with Gasteiger partial charge in [0, 0.05) is 35.1 Å². The van der Waals surface area contributed by atoms with Crippen LogP contribution in [0.3, 0.4) is 0 Å². The van der Waals surface area contributed by atoms with Crippen molar-refractivity contribution in [3.8, 4) is 0 Å². The van der Waals surface area contributed by atoms with Crippen LogP contribution in [0.15, 0.2) is 30.5 Å². The molecule has 1 saturated carbocycles. The minimum atomic E-state index is -4.37. The Morgan fingerprint density at radius 3 is 2.64 bits per heavy atom. The Balaban J connectivity index is 1.35. The number of fused-ring (bicyclic) bond motifs is 3. The molecule has 1 aliphatic carbocycles. The van der Waals surface area contributed by atoms with Crippen LogP contribution in [0.1, 0.15) is 60.0 Å². The van der Waals surface area contributed by atoms with Crippen LogP contribution in [-0.2, 0) is 35.3 Å². The molecule has 3 aromatic rings. The second-order valence-electron chi connectivity index (χ2n) is 10.2. The van der Waals surface area contributed by atoms with Gasteiger partial charge in [-0.1, -0.05) is 0 Å². The molecule has 0 atom stereocenters. The lowest BCUT2D eigenvalue weighted by Gasteiger charge is -2.35. The number of carbonyl (C=O) groups is 2. The van der Waals surface area contributed by atoms with Crippen molar-refractivity contribution >= 4 is 34.2 Å². The topological polar surface area (TPSA) is 75.4 Å². The maximum atomic E-state index is 13.2. The summed E-state index contributed by atoms with van der Waals surface area (Å²) in [5.41, 5.74) is 2.04. The summed E-state index contributed by atoms with van der Waals surface area (Å²) in [7, 11) is 0. The maximum Gasteiger partial charge on any atom is 0.425 e. The monoisotopic (exact) mass is 519 g/mol. The largest absolute Gasteiger partial charge is 0.481 e. The van der Waals surface area contributed by atoms with Crippen LogP contribution in [0.4, 0.5) is 13.2 Å². The van der Waals surface area contributed by atoms with E-state index in [1.165, 1.54) is 6.07 Å². The molecule has 5 rings (SSSR count). The lowest BCUT2D eigenvalue weighted by atomic mass is 9.71. The van der Waals surface area contributed by atoms with Crippen molar-refractivity contribution in [2.45, 2.75) is 64.7 Å². The summed E-state index contributed by atoms with van der Waals surface area (Å²) in [6.07, 6.45) is 0.950. The first-order valence-corrected chi connectivity index (χ1v) is 13.0. The van der Waals surface area contributed by atoms with Crippen molar-refractivity contribution in [3.05, 3.63) is 51.5 Å². The Hall–Kier alpha value is -2.88. The Labute approximate surface area is 210 Å². The van der Waals surface area contributed by atoms with E-state index in [9.17, 15) is 27.9 Å². The predicted molar refractivity (Wildman–Crippen MR) is 130 cm³/mol. The molecule has 36 heavy (non-hydrogen) atoms. The highest BCUT2D eigenvalue weighted by atomic mass is 32.1. The average molecular weight is 520 g/mol. The number of pyridine rings is 1. The predicted octanol–water partition coefficient (Wildman–Crippen LogP) is 5.72. The normalized spacial score (nSPS) is 22.6. The second-order valence-corrected chi connectivity index (χ2v) is 11.4. The van der Waals surface area contributed by atoms with Gasteiger partial charge in [0.25, 0.3) is 0 Å². The zero-order valence-electron chi connectivity index (χ0n) is 20.0. The summed E-state index contributed by atoms with van der Waals surface area (Å²) in [6, 6.07) is 6.45. The molecule has 1 N–H and O–H groups in total. The summed E-state index contributed by atoms with van der Waals surface area (Å²) < 4.78 is 41.4. The van der Waals surface area contributed by atoms with Gasteiger partial charge in [0.2, 0.25) is 5.91 Å². The highest BCUT2D eigenvalue weighted by molar-refractivity contribution is 7.12. The van der Waals surface area contributed by atoms with Gasteiger partial charge in [-0.15, -0.1) is 11.3 Å². The second kappa shape index (κ2) is 9.21. The van der Waals surface area contributed by atoms with E-state index in [1.54, 1.807) is 13.1 Å². The Morgan fingerprint density at radius 2 is 1.97 bits per heavy atom. The number of rotatable bonds is 5. The van der Waals surface area contributed by atoms with Crippen molar-refractivity contribution in [1.82, 2.24) is 14.5 Å². The molecule has 192 valence electrons. The number of carboxylic acids is 1. The molecule has 4 heterocycles. The molecule has 3 aromatic heterocycles. The van der Waals surface area contributed by atoms with E-state index >= 15 is 0 Å². The van der Waals surface area contributed by atoms with E-state index in [1.807, 2.05) is 21.6 Å². The maximum absolute atomic E-state index is 13.2. The van der Waals surface area contributed by atoms with Gasteiger partial charge in [-0.3, -0.25) is 9.59 Å². The van der Waals surface area contributed by atoms with Crippen LogP contribution in [0.5, 0.6) is 0 Å². The molecule has 2 aliphatic rings. The van der Waals surface area contributed by atoms with Crippen LogP contribution >= 0.6 is 11.3 Å². The number of aliphatic carboxylic acids is 1. The number of hydrogen-bond donors (Lipinski definition) is 1. The average Bonchev–Trinajstić information content (AvgIpc) is 3.44. The molecule has 0 saturated heterocycles. The first-order chi connectivity index (χ1) is 17.0. The molecule has 1 fully saturated rings. The van der Waals surface area contributed by atoms with E-state index in [0.29, 0.717) is 43.6 Å². The number of nitrogens with zero attached hydrogens (tertiary/aromatic N) is 3. The molecule has 0 unspecified atom stereocenters. The van der Waals surface area contributed by atoms with Crippen LogP contribution in [0.25, 0.3) is 11.0 Å². The number of alkyl halides is 3. The SMILES string of the molecule is CC1(C(=O)O)CCC(CC(=O)N2CCc3c(n(Cc4ccc(C(F)(F)F)s4)c4ncccc34)C2)CC1. The Bertz CT molecular complexity index is 1300. The molecule has 1 amide bonds. The molecule has 10 heteroatoms. The van der Waals surface area contributed by atoms with Crippen molar-refractivity contribution in [2.24, 2.45) is 11.3 Å². The van der Waals surface area contributed by atoms with Crippen molar-refractivity contribution in [2.75, 3.05) is 6.54 Å². The summed E-state index contributed by atoms with van der Waals surface area (Å²) in [5, 5.41) is 10.4. The zero-order valence-corrected chi connectivity index (χ0v) is 20.8. The highest BCUT2D eigenvalue weighted by Gasteiger charge is 2.38. The third-order valence-corrected chi connectivity index (χ3v) is 8.92. The fraction of sp³-hybridized carbons (Fsp3) is 0.500. The highest BCUT2D eigenvalue weighted by Crippen LogP contribution is 2.41. The third kappa shape index (κ3) is 4.63. The van der Waals surface area contributed by atoms with Crippen molar-refractivity contribution in [1.29, 1.82) is 0 Å². The molecule has 6 nitrogen and oxygen atoms in total. The van der Waals surface area contributed by atoms with Gasteiger partial charge in [-0.25, -0.2) is 4.98 Å². The van der Waals surface area contributed by atoms with Crippen LogP contribution in [0, 0.1) is 11.3 Å². The molecule has 0 aromatic carbocycles. The molecule has 0 radical (unpaired) electrons. The molecule has 0 spiro atoms. The molecule has 1 aliphatic heterocycles. The summed E-state index contributed by atoms with van der Waals surface area (Å²) in [4.78, 5) is 31.1. The minimum absolute atomic E-state index is 0.0461. The van der Waals surface area contributed by atoms with Gasteiger partial charge in [-0.05, 0) is 74.8 Å². The minimum Gasteiger partial charge on any atom is -0.481 e. The number of halogens is 3. The zero-order chi connectivity index (χ0) is 25.7. The number of carboxylic acid groups (broad SMARTS) is 1. The Morgan fingerprint density at radius 1 is 1.22 bits per heavy atom. The van der Waals surface area contributed by atoms with Crippen molar-refractivity contribution < 1.29 is 27.9 Å². The quantitative estimate of drug-likeness (QED) is 0.468. The summed E-state index contributed by atoms with van der Waals surface area (Å²) in [6.45, 7) is 3.01. The van der Waals surface area contributed by atoms with E-state index in [2.05, 4.69) is 4.98 Å². The molecular formula is C26H28F3N3O3S. The standard InChI is InChI=1S/C26H28F3N3O3S/c1-25(24(34)35)9-6-16(7-10-25)13-22(33)31-12-8-18-19-3-2-11-30-23(19)32(20(18)15-31)14-17-4-5-21(36-17)26(27,28)29/h2-5,11,16H,6-10,12-15H2,1H3,(H,34,35). The van der Waals surface area contributed by atoms with E-state index in [0.717, 1.165) is 52.5 Å². The summed E-state index contributed by atoms with van der Waals surface area (Å²) >= 11 is 0.734. The van der Waals surface area contributed by atoms with Crippen LogP contribution < -0.4 is 0 Å². The number of amides is 1. The fourth-order valence-corrected chi connectivity index (χ4v) is 6.39. The lowest BCUT2D eigenvalue weighted by Crippen LogP contribution is -2.39. The fourth-order valence-electron chi connectivity index (χ4n) is 5.52. The van der Waals surface area contributed by atoms with E-state index in [4.69, 9.17) is 0 Å². The molecule has 0 bridgehead atoms. The molecular weight excluding hydrogens is 491 g/mol. The van der Waals surface area contributed by atoms with Gasteiger partial charge in [0.1, 0.15) is 10.5 Å². The van der Waals surface area contributed by atoms with Crippen LogP contribution in [-0.4, -0.2) is 38.0 Å². The van der Waals surface area contributed by atoms with E-state index in [-0.39, 0.29) is 18.4 Å². The smallest absolute Gasteiger partial charge is 0.425 e. The van der Waals surface area contributed by atoms with Gasteiger partial charge in [-0.2, -0.15) is 13.2 Å². The van der Waals surface area contributed by atoms with Crippen molar-refractivity contribution in [3.63, 3.8) is 0 Å². The third-order valence-electron chi connectivity index (χ3n) is 7.81. The van der Waals surface area contributed by atoms with Crippen LogP contribution in [0.2, 0.25) is 0 Å². The van der Waals surface area contributed by atoms with Gasteiger partial charge in [0.15, 0.2) is 0 Å². The first kappa shape index (κ1) is 24.8. The van der Waals surface area contributed by atoms with Gasteiger partial charge < -0.3 is 14.6 Å². The lowest BCUT2D eigenvalue weighted by molar-refractivity contribution is -0.150. The van der Waals surface area contributed by atoms with E-state index < -0.39 is 22.4 Å². The Kier molecular flexibility index (Phi) is 6.34. The first-order valence-electron chi connectivity index (χ1n) is 12.2. The van der Waals surface area contributed by atoms with Gasteiger partial charge in [0.05, 0.1) is 18.5 Å². The number of aromatic nitrogens is 2. The summed E-state index contributed by atoms with van der Waals surface area (Å²) in [5.74, 6) is -0.555. The number of carbonyl (C=O) groups excluding carboxylic acids is 1. The van der Waals surface area contributed by atoms with Gasteiger partial charge >= 0.3 is 12.1 Å². The number of thiophene rings is 1. The number of hydrogen-bond acceptors (Lipinski definition) is 4.